The van der Waals surface area contributed by atoms with Crippen LogP contribution in [0.1, 0.15) is 22.3 Å². The Bertz CT molecular complexity index is 1150. The first-order valence-electron chi connectivity index (χ1n) is 9.34. The van der Waals surface area contributed by atoms with Crippen LogP contribution in [-0.2, 0) is 16.2 Å². The summed E-state index contributed by atoms with van der Waals surface area (Å²) in [5.41, 5.74) is 8.13. The molecule has 1 N–H and O–H groups in total. The van der Waals surface area contributed by atoms with Gasteiger partial charge in [0.2, 0.25) is 4.87 Å². The van der Waals surface area contributed by atoms with E-state index in [1.165, 1.54) is 11.8 Å². The van der Waals surface area contributed by atoms with Crippen LogP contribution in [-0.4, -0.2) is 11.0 Å². The highest BCUT2D eigenvalue weighted by Crippen LogP contribution is 2.51. The highest BCUT2D eigenvalue weighted by atomic mass is 35.5. The van der Waals surface area contributed by atoms with E-state index in [4.69, 9.17) is 11.6 Å². The molecule has 1 spiro atoms. The van der Waals surface area contributed by atoms with E-state index in [2.05, 4.69) is 10.5 Å². The lowest BCUT2D eigenvalue weighted by atomic mass is 10.1. The first kappa shape index (κ1) is 18.3. The van der Waals surface area contributed by atoms with Crippen molar-refractivity contribution in [1.29, 1.82) is 0 Å². The molecule has 1 amide bonds. The molecule has 0 saturated carbocycles. The topological polar surface area (TPSA) is 44.7 Å². The van der Waals surface area contributed by atoms with Crippen molar-refractivity contribution in [2.45, 2.75) is 18.3 Å². The Morgan fingerprint density at radius 2 is 1.83 bits per heavy atom. The fourth-order valence-corrected chi connectivity index (χ4v) is 5.19. The van der Waals surface area contributed by atoms with Gasteiger partial charge in [0.05, 0.1) is 12.2 Å². The Morgan fingerprint density at radius 1 is 1.07 bits per heavy atom. The average molecular weight is 420 g/mol. The lowest BCUT2D eigenvalue weighted by Crippen LogP contribution is -2.44. The van der Waals surface area contributed by atoms with Gasteiger partial charge in [0.15, 0.2) is 0 Å². The largest absolute Gasteiger partial charge is 0.304 e. The van der Waals surface area contributed by atoms with Gasteiger partial charge in [0.25, 0.3) is 5.91 Å². The molecular weight excluding hydrogens is 402 g/mol. The molecule has 3 aromatic carbocycles. The van der Waals surface area contributed by atoms with Crippen LogP contribution in [0.2, 0.25) is 5.02 Å². The number of hydrogen-bond acceptors (Lipinski definition) is 4. The zero-order chi connectivity index (χ0) is 20.0. The summed E-state index contributed by atoms with van der Waals surface area (Å²) in [6.07, 6.45) is 0. The number of aryl methyl sites for hydroxylation is 1. The Morgan fingerprint density at radius 3 is 2.66 bits per heavy atom. The minimum absolute atomic E-state index is 0.0160. The maximum Gasteiger partial charge on any atom is 0.270 e. The fraction of sp³-hybridized carbons (Fsp3) is 0.130. The van der Waals surface area contributed by atoms with Gasteiger partial charge in [-0.2, -0.15) is 5.10 Å². The SMILES string of the molecule is Cc1ccc(Cl)cc1CN1C(=O)C2(NN=C(c3ccccc3)S2)c2ccccc21. The summed E-state index contributed by atoms with van der Waals surface area (Å²) in [6, 6.07) is 23.6. The smallest absolute Gasteiger partial charge is 0.270 e. The number of amides is 1. The predicted octanol–water partition coefficient (Wildman–Crippen LogP) is 5.05. The van der Waals surface area contributed by atoms with Gasteiger partial charge >= 0.3 is 0 Å². The molecule has 5 rings (SSSR count). The molecule has 2 aliphatic rings. The standard InChI is InChI=1S/C23H18ClN3OS/c1-15-11-12-18(24)13-17(15)14-27-20-10-6-5-9-19(20)23(22(27)28)26-25-21(29-23)16-7-3-2-4-8-16/h2-13,26H,14H2,1H3. The van der Waals surface area contributed by atoms with E-state index < -0.39 is 4.87 Å². The Balaban J connectivity index is 1.53. The second-order valence-electron chi connectivity index (χ2n) is 7.16. The van der Waals surface area contributed by atoms with Gasteiger partial charge in [-0.3, -0.25) is 10.2 Å². The highest BCUT2D eigenvalue weighted by molar-refractivity contribution is 8.16. The molecule has 1 unspecified atom stereocenters. The van der Waals surface area contributed by atoms with Gasteiger partial charge in [-0.1, -0.05) is 78.0 Å². The summed E-state index contributed by atoms with van der Waals surface area (Å²) in [5, 5.41) is 6.01. The van der Waals surface area contributed by atoms with E-state index in [0.717, 1.165) is 33.0 Å². The lowest BCUT2D eigenvalue weighted by molar-refractivity contribution is -0.121. The molecule has 0 radical (unpaired) electrons. The number of benzene rings is 3. The number of thioether (sulfide) groups is 1. The third-order valence-corrected chi connectivity index (χ3v) is 6.89. The zero-order valence-corrected chi connectivity index (χ0v) is 17.3. The summed E-state index contributed by atoms with van der Waals surface area (Å²) in [6.45, 7) is 2.50. The van der Waals surface area contributed by atoms with E-state index in [0.29, 0.717) is 11.6 Å². The van der Waals surface area contributed by atoms with Crippen LogP contribution in [0.5, 0.6) is 0 Å². The molecule has 4 nitrogen and oxygen atoms in total. The normalized spacial score (nSPS) is 20.0. The number of hydrazone groups is 1. The quantitative estimate of drug-likeness (QED) is 0.646. The van der Waals surface area contributed by atoms with Gasteiger partial charge in [-0.15, -0.1) is 0 Å². The summed E-state index contributed by atoms with van der Waals surface area (Å²) in [4.78, 5) is 14.6. The molecule has 2 aliphatic heterocycles. The second-order valence-corrected chi connectivity index (χ2v) is 8.80. The Kier molecular flexibility index (Phi) is 4.37. The van der Waals surface area contributed by atoms with Crippen molar-refractivity contribution in [3.63, 3.8) is 0 Å². The molecule has 3 aromatic rings. The number of carbonyl (C=O) groups is 1. The molecule has 0 aliphatic carbocycles. The molecule has 0 bridgehead atoms. The van der Waals surface area contributed by atoms with Crippen LogP contribution >= 0.6 is 23.4 Å². The first-order valence-corrected chi connectivity index (χ1v) is 10.5. The minimum Gasteiger partial charge on any atom is -0.304 e. The number of rotatable bonds is 3. The van der Waals surface area contributed by atoms with Gasteiger partial charge in [-0.05, 0) is 36.2 Å². The van der Waals surface area contributed by atoms with Crippen LogP contribution in [0.4, 0.5) is 5.69 Å². The average Bonchev–Trinajstić information content (AvgIpc) is 3.29. The molecule has 6 heteroatoms. The molecule has 1 atom stereocenters. The number of anilines is 1. The predicted molar refractivity (Wildman–Crippen MR) is 119 cm³/mol. The molecular formula is C23H18ClN3OS. The third kappa shape index (κ3) is 2.93. The van der Waals surface area contributed by atoms with Gasteiger partial charge in [0, 0.05) is 16.1 Å². The van der Waals surface area contributed by atoms with Crippen molar-refractivity contribution in [3.8, 4) is 0 Å². The maximum absolute atomic E-state index is 13.7. The van der Waals surface area contributed by atoms with Crippen LogP contribution in [0, 0.1) is 6.92 Å². The summed E-state index contributed by atoms with van der Waals surface area (Å²) in [7, 11) is 0. The number of nitrogens with one attached hydrogen (secondary N) is 1. The van der Waals surface area contributed by atoms with E-state index in [1.807, 2.05) is 84.6 Å². The van der Waals surface area contributed by atoms with Crippen molar-refractivity contribution < 1.29 is 4.79 Å². The third-order valence-electron chi connectivity index (χ3n) is 5.35. The summed E-state index contributed by atoms with van der Waals surface area (Å²) in [5.74, 6) is -0.0160. The van der Waals surface area contributed by atoms with Crippen molar-refractivity contribution in [3.05, 3.63) is 100 Å². The summed E-state index contributed by atoms with van der Waals surface area (Å²) >= 11 is 7.68. The van der Waals surface area contributed by atoms with E-state index in [1.54, 1.807) is 0 Å². The zero-order valence-electron chi connectivity index (χ0n) is 15.7. The minimum atomic E-state index is -0.936. The van der Waals surface area contributed by atoms with Crippen molar-refractivity contribution in [2.24, 2.45) is 5.10 Å². The van der Waals surface area contributed by atoms with Gasteiger partial charge in [-0.25, -0.2) is 0 Å². The monoisotopic (exact) mass is 419 g/mol. The molecule has 0 fully saturated rings. The maximum atomic E-state index is 13.7. The van der Waals surface area contributed by atoms with Crippen LogP contribution in [0.25, 0.3) is 0 Å². The van der Waals surface area contributed by atoms with Crippen molar-refractivity contribution >= 4 is 40.0 Å². The van der Waals surface area contributed by atoms with E-state index in [-0.39, 0.29) is 5.91 Å². The lowest BCUT2D eigenvalue weighted by Gasteiger charge is -2.23. The van der Waals surface area contributed by atoms with Crippen molar-refractivity contribution in [2.75, 3.05) is 4.90 Å². The van der Waals surface area contributed by atoms with Crippen LogP contribution in [0.3, 0.4) is 0 Å². The van der Waals surface area contributed by atoms with E-state index >= 15 is 0 Å². The molecule has 0 saturated heterocycles. The first-order chi connectivity index (χ1) is 14.1. The molecule has 2 heterocycles. The highest BCUT2D eigenvalue weighted by Gasteiger charge is 2.55. The molecule has 29 heavy (non-hydrogen) atoms. The fourth-order valence-electron chi connectivity index (χ4n) is 3.79. The number of para-hydroxylation sites is 1. The number of fused-ring (bicyclic) bond motifs is 2. The van der Waals surface area contributed by atoms with Crippen molar-refractivity contribution in [1.82, 2.24) is 5.43 Å². The van der Waals surface area contributed by atoms with Crippen LogP contribution < -0.4 is 10.3 Å². The Labute approximate surface area is 178 Å². The van der Waals surface area contributed by atoms with Gasteiger partial charge in [0.1, 0.15) is 5.04 Å². The number of nitrogens with zero attached hydrogens (tertiary/aromatic N) is 2. The summed E-state index contributed by atoms with van der Waals surface area (Å²) < 4.78 is 0. The van der Waals surface area contributed by atoms with E-state index in [9.17, 15) is 4.79 Å². The van der Waals surface area contributed by atoms with Crippen LogP contribution in [0.15, 0.2) is 77.9 Å². The Hall–Kier alpha value is -2.76. The number of hydrogen-bond donors (Lipinski definition) is 1. The molecule has 0 aromatic heterocycles. The number of carbonyl (C=O) groups excluding carboxylic acids is 1. The molecule has 144 valence electrons. The van der Waals surface area contributed by atoms with Gasteiger partial charge < -0.3 is 4.90 Å². The second kappa shape index (κ2) is 6.94. The number of halogens is 1.